The number of nitrogens with zero attached hydrogens (tertiary/aromatic N) is 2. The van der Waals surface area contributed by atoms with Crippen LogP contribution in [0.3, 0.4) is 0 Å². The van der Waals surface area contributed by atoms with Crippen LogP contribution in [0.5, 0.6) is 0 Å². The van der Waals surface area contributed by atoms with Crippen LogP contribution in [0, 0.1) is 27.7 Å². The molecule has 0 atom stereocenters. The van der Waals surface area contributed by atoms with Crippen molar-refractivity contribution in [2.24, 2.45) is 0 Å². The van der Waals surface area contributed by atoms with Gasteiger partial charge in [-0.25, -0.2) is 9.59 Å². The average molecular weight is 877 g/mol. The van der Waals surface area contributed by atoms with Gasteiger partial charge < -0.3 is 19.3 Å². The number of anilines is 6. The van der Waals surface area contributed by atoms with Gasteiger partial charge in [0, 0.05) is 60.6 Å². The molecule has 64 heavy (non-hydrogen) atoms. The molecule has 0 unspecified atom stereocenters. The van der Waals surface area contributed by atoms with Crippen LogP contribution in [0.1, 0.15) is 47.2 Å². The Morgan fingerprint density at radius 2 is 0.688 bits per heavy atom. The molecule has 2 aromatic heterocycles. The summed E-state index contributed by atoms with van der Waals surface area (Å²) in [7, 11) is 0. The summed E-state index contributed by atoms with van der Waals surface area (Å²) in [4.78, 5) is 36.1. The van der Waals surface area contributed by atoms with E-state index in [0.717, 1.165) is 75.9 Å². The number of esters is 2. The van der Waals surface area contributed by atoms with Crippen molar-refractivity contribution < 1.29 is 19.1 Å². The highest BCUT2D eigenvalue weighted by atomic mass is 32.1. The molecule has 0 fully saturated rings. The minimum atomic E-state index is -0.691. The maximum absolute atomic E-state index is 13.8. The van der Waals surface area contributed by atoms with Gasteiger partial charge in [0.25, 0.3) is 0 Å². The molecule has 0 saturated carbocycles. The first-order chi connectivity index (χ1) is 31.1. The van der Waals surface area contributed by atoms with Crippen LogP contribution in [0.4, 0.5) is 34.1 Å². The van der Waals surface area contributed by atoms with Gasteiger partial charge >= 0.3 is 11.9 Å². The molecule has 1 aliphatic carbocycles. The highest BCUT2D eigenvalue weighted by Crippen LogP contribution is 2.57. The molecule has 8 heteroatoms. The first kappa shape index (κ1) is 42.3. The zero-order valence-corrected chi connectivity index (χ0v) is 38.4. The summed E-state index contributed by atoms with van der Waals surface area (Å²) in [6, 6.07) is 55.7. The first-order valence-corrected chi connectivity index (χ1v) is 23.2. The lowest BCUT2D eigenvalue weighted by Crippen LogP contribution is -2.20. The van der Waals surface area contributed by atoms with Crippen molar-refractivity contribution in [1.29, 1.82) is 0 Å². The van der Waals surface area contributed by atoms with E-state index < -0.39 is 11.9 Å². The third-order valence-electron chi connectivity index (χ3n) is 11.4. The van der Waals surface area contributed by atoms with E-state index in [1.54, 1.807) is 36.5 Å². The Morgan fingerprint density at radius 1 is 0.422 bits per heavy atom. The number of fused-ring (bicyclic) bond motifs is 3. The molecular formula is C56H48N2O4S2. The van der Waals surface area contributed by atoms with Crippen molar-refractivity contribution in [3.05, 3.63) is 197 Å². The Labute approximate surface area is 383 Å². The molecule has 0 spiro atoms. The summed E-state index contributed by atoms with van der Waals surface area (Å²) in [6.45, 7) is 12.1. The molecule has 0 amide bonds. The molecule has 0 bridgehead atoms. The summed E-state index contributed by atoms with van der Waals surface area (Å²) in [6.07, 6.45) is 0. The number of hydrogen-bond acceptors (Lipinski definition) is 8. The van der Waals surface area contributed by atoms with Crippen molar-refractivity contribution in [2.45, 2.75) is 41.5 Å². The van der Waals surface area contributed by atoms with Gasteiger partial charge in [-0.1, -0.05) is 95.1 Å². The quantitative estimate of drug-likeness (QED) is 0.0527. The lowest BCUT2D eigenvalue weighted by Gasteiger charge is -2.26. The minimum absolute atomic E-state index is 0.0817. The highest BCUT2D eigenvalue weighted by molar-refractivity contribution is 7.26. The zero-order chi connectivity index (χ0) is 44.5. The molecular weight excluding hydrogens is 829 g/mol. The van der Waals surface area contributed by atoms with E-state index in [1.165, 1.54) is 22.3 Å². The van der Waals surface area contributed by atoms with Gasteiger partial charge in [-0.05, 0) is 138 Å². The van der Waals surface area contributed by atoms with E-state index in [1.807, 2.05) is 0 Å². The number of rotatable bonds is 12. The fourth-order valence-electron chi connectivity index (χ4n) is 8.10. The molecule has 318 valence electrons. The van der Waals surface area contributed by atoms with Gasteiger partial charge in [0.2, 0.25) is 0 Å². The molecule has 8 aromatic rings. The van der Waals surface area contributed by atoms with Gasteiger partial charge in [0.05, 0.1) is 23.0 Å². The maximum Gasteiger partial charge on any atom is 0.346 e. The number of carbonyl (C=O) groups is 2. The number of ether oxygens (including phenoxy) is 2. The summed E-state index contributed by atoms with van der Waals surface area (Å²) in [5.74, 6) is -1.38. The second kappa shape index (κ2) is 18.0. The van der Waals surface area contributed by atoms with Crippen molar-refractivity contribution in [1.82, 2.24) is 0 Å². The third-order valence-corrected chi connectivity index (χ3v) is 13.9. The minimum Gasteiger partial charge on any atom is -0.462 e. The Kier molecular flexibility index (Phi) is 11.9. The van der Waals surface area contributed by atoms with Crippen molar-refractivity contribution >= 4 is 74.3 Å². The van der Waals surface area contributed by atoms with Crippen molar-refractivity contribution in [3.8, 4) is 30.6 Å². The predicted octanol–water partition coefficient (Wildman–Crippen LogP) is 15.2. The third kappa shape index (κ3) is 8.30. The number of hydrogen-bond donors (Lipinski definition) is 0. The Hall–Kier alpha value is -7.00. The van der Waals surface area contributed by atoms with Crippen molar-refractivity contribution in [3.63, 3.8) is 0 Å². The standard InChI is InChI=1S/C56H48N2O4S2/c1-7-61-55(59)52(56(60)62-8-2)51-47-33-49(39-17-29-45(30-18-39)57(41-21-9-35(3)10-22-41)42-23-11-36(4)12-24-42)63-53(47)54-48(51)34-50(64-54)40-19-31-46(32-20-40)58(43-25-13-37(5)14-26-43)44-27-15-38(6)16-28-44/h9-34H,7-8H2,1-6H3. The van der Waals surface area contributed by atoms with E-state index in [2.05, 4.69) is 195 Å². The summed E-state index contributed by atoms with van der Waals surface area (Å²) in [5.41, 5.74) is 15.4. The fourth-order valence-corrected chi connectivity index (χ4v) is 10.6. The summed E-state index contributed by atoms with van der Waals surface area (Å²) < 4.78 is 11.1. The van der Waals surface area contributed by atoms with Crippen LogP contribution >= 0.6 is 22.7 Å². The predicted molar refractivity (Wildman–Crippen MR) is 266 cm³/mol. The van der Waals surface area contributed by atoms with E-state index in [-0.39, 0.29) is 18.8 Å². The lowest BCUT2D eigenvalue weighted by molar-refractivity contribution is -0.146. The fraction of sp³-hybridized carbons (Fsp3) is 0.143. The van der Waals surface area contributed by atoms with Gasteiger partial charge in [-0.15, -0.1) is 22.7 Å². The summed E-state index contributed by atoms with van der Waals surface area (Å²) >= 11 is 3.33. The van der Waals surface area contributed by atoms with E-state index in [0.29, 0.717) is 5.57 Å². The monoisotopic (exact) mass is 876 g/mol. The largest absolute Gasteiger partial charge is 0.462 e. The van der Waals surface area contributed by atoms with Crippen LogP contribution in [-0.2, 0) is 19.1 Å². The van der Waals surface area contributed by atoms with Gasteiger partial charge in [-0.3, -0.25) is 0 Å². The maximum atomic E-state index is 13.8. The Balaban J connectivity index is 1.12. The lowest BCUT2D eigenvalue weighted by atomic mass is 9.98. The van der Waals surface area contributed by atoms with Crippen LogP contribution < -0.4 is 9.80 Å². The number of thiophene rings is 2. The molecule has 1 aliphatic rings. The van der Waals surface area contributed by atoms with Crippen LogP contribution in [0.25, 0.3) is 36.2 Å². The average Bonchev–Trinajstić information content (AvgIpc) is 4.00. The molecule has 0 aliphatic heterocycles. The number of carbonyl (C=O) groups excluding carboxylic acids is 2. The normalized spacial score (nSPS) is 11.5. The van der Waals surface area contributed by atoms with Crippen LogP contribution in [-0.4, -0.2) is 25.2 Å². The van der Waals surface area contributed by atoms with E-state index in [9.17, 15) is 9.59 Å². The number of aryl methyl sites for hydroxylation is 4. The van der Waals surface area contributed by atoms with E-state index in [4.69, 9.17) is 9.47 Å². The zero-order valence-electron chi connectivity index (χ0n) is 36.8. The van der Waals surface area contributed by atoms with Gasteiger partial charge in [0.1, 0.15) is 0 Å². The van der Waals surface area contributed by atoms with Crippen molar-refractivity contribution in [2.75, 3.05) is 23.0 Å². The second-order valence-electron chi connectivity index (χ2n) is 16.0. The highest BCUT2D eigenvalue weighted by Gasteiger charge is 2.37. The molecule has 6 aromatic carbocycles. The Bertz CT molecular complexity index is 2700. The van der Waals surface area contributed by atoms with Crippen LogP contribution in [0.15, 0.2) is 163 Å². The SMILES string of the molecule is CCOC(=O)C(C(=O)OCC)=C1c2cc(-c3ccc(N(c4ccc(C)cc4)c4ccc(C)cc4)cc3)sc2-c2sc(-c3ccc(N(c4ccc(C)cc4)c4ccc(C)cc4)cc3)cc21. The van der Waals surface area contributed by atoms with Gasteiger partial charge in [-0.2, -0.15) is 0 Å². The van der Waals surface area contributed by atoms with Gasteiger partial charge in [0.15, 0.2) is 5.57 Å². The van der Waals surface area contributed by atoms with Crippen LogP contribution in [0.2, 0.25) is 0 Å². The summed E-state index contributed by atoms with van der Waals surface area (Å²) in [5, 5.41) is 0. The van der Waals surface area contributed by atoms with E-state index >= 15 is 0 Å². The molecule has 0 saturated heterocycles. The molecule has 2 heterocycles. The second-order valence-corrected chi connectivity index (χ2v) is 18.1. The molecule has 9 rings (SSSR count). The molecule has 0 N–H and O–H groups in total. The topological polar surface area (TPSA) is 59.1 Å². The molecule has 0 radical (unpaired) electrons. The first-order valence-electron chi connectivity index (χ1n) is 21.5. The molecule has 6 nitrogen and oxygen atoms in total. The smallest absolute Gasteiger partial charge is 0.346 e. The Morgan fingerprint density at radius 3 is 0.953 bits per heavy atom. The number of benzene rings is 6.